The Hall–Kier alpha value is -0.0800. The number of hydrogen-bond donors (Lipinski definition) is 1. The minimum absolute atomic E-state index is 0.345. The Balaban J connectivity index is 2.03. The summed E-state index contributed by atoms with van der Waals surface area (Å²) < 4.78 is 0. The molecule has 0 aromatic rings. The zero-order valence-corrected chi connectivity index (χ0v) is 13.4. The van der Waals surface area contributed by atoms with Crippen molar-refractivity contribution in [2.45, 2.75) is 77.7 Å². The lowest BCUT2D eigenvalue weighted by atomic mass is 9.74. The van der Waals surface area contributed by atoms with E-state index >= 15 is 0 Å². The van der Waals surface area contributed by atoms with E-state index in [1.54, 1.807) is 0 Å². The highest BCUT2D eigenvalue weighted by molar-refractivity contribution is 5.01. The second-order valence-corrected chi connectivity index (χ2v) is 7.16. The van der Waals surface area contributed by atoms with E-state index in [0.29, 0.717) is 11.0 Å². The van der Waals surface area contributed by atoms with Crippen LogP contribution in [0.15, 0.2) is 0 Å². The summed E-state index contributed by atoms with van der Waals surface area (Å²) in [5.41, 5.74) is 7.17. The third-order valence-electron chi connectivity index (χ3n) is 6.60. The van der Waals surface area contributed by atoms with Crippen molar-refractivity contribution in [1.82, 2.24) is 4.90 Å². The molecule has 0 unspecified atom stereocenters. The van der Waals surface area contributed by atoms with Gasteiger partial charge >= 0.3 is 0 Å². The van der Waals surface area contributed by atoms with E-state index in [1.807, 2.05) is 0 Å². The van der Waals surface area contributed by atoms with Gasteiger partial charge in [0.05, 0.1) is 0 Å². The Morgan fingerprint density at radius 2 is 1.68 bits per heavy atom. The molecule has 0 amide bonds. The second-order valence-electron chi connectivity index (χ2n) is 7.16. The normalized spacial score (nSPS) is 35.7. The molecule has 0 aromatic heterocycles. The first-order valence-electron chi connectivity index (χ1n) is 8.59. The average Bonchev–Trinajstić information content (AvgIpc) is 2.93. The SMILES string of the molecule is CCC1CCC(CN)(N2CCC(CC)(CC)C2)CC1. The van der Waals surface area contributed by atoms with E-state index in [9.17, 15) is 0 Å². The van der Waals surface area contributed by atoms with Crippen LogP contribution in [0.5, 0.6) is 0 Å². The summed E-state index contributed by atoms with van der Waals surface area (Å²) >= 11 is 0. The van der Waals surface area contributed by atoms with Gasteiger partial charge in [0, 0.05) is 18.6 Å². The summed E-state index contributed by atoms with van der Waals surface area (Å²) in [6.45, 7) is 10.5. The van der Waals surface area contributed by atoms with Gasteiger partial charge in [-0.2, -0.15) is 0 Å². The first-order valence-corrected chi connectivity index (χ1v) is 8.59. The van der Waals surface area contributed by atoms with Gasteiger partial charge in [0.25, 0.3) is 0 Å². The number of nitrogens with zero attached hydrogens (tertiary/aromatic N) is 1. The van der Waals surface area contributed by atoms with Crippen LogP contribution in [0.4, 0.5) is 0 Å². The summed E-state index contributed by atoms with van der Waals surface area (Å²) in [5.74, 6) is 0.962. The third-order valence-corrected chi connectivity index (χ3v) is 6.60. The summed E-state index contributed by atoms with van der Waals surface area (Å²) in [4.78, 5) is 2.78. The molecule has 2 heteroatoms. The van der Waals surface area contributed by atoms with Crippen LogP contribution in [0.3, 0.4) is 0 Å². The lowest BCUT2D eigenvalue weighted by Crippen LogP contribution is -2.55. The molecule has 2 rings (SSSR count). The van der Waals surface area contributed by atoms with Crippen molar-refractivity contribution < 1.29 is 0 Å². The van der Waals surface area contributed by atoms with Crippen molar-refractivity contribution in [1.29, 1.82) is 0 Å². The molecule has 2 N–H and O–H groups in total. The van der Waals surface area contributed by atoms with Crippen molar-refractivity contribution in [3.63, 3.8) is 0 Å². The monoisotopic (exact) mass is 266 g/mol. The van der Waals surface area contributed by atoms with E-state index in [4.69, 9.17) is 5.73 Å². The highest BCUT2D eigenvalue weighted by Crippen LogP contribution is 2.44. The molecule has 2 fully saturated rings. The Bertz CT molecular complexity index is 275. The standard InChI is InChI=1S/C17H34N2/c1-4-15-7-9-17(13-18,10-8-15)19-12-11-16(5-2,6-3)14-19/h15H,4-14,18H2,1-3H3. The van der Waals surface area contributed by atoms with Crippen molar-refractivity contribution in [2.75, 3.05) is 19.6 Å². The lowest BCUT2D eigenvalue weighted by molar-refractivity contribution is 0.0501. The summed E-state index contributed by atoms with van der Waals surface area (Å²) in [5, 5.41) is 0. The zero-order valence-electron chi connectivity index (χ0n) is 13.4. The molecule has 2 nitrogen and oxygen atoms in total. The molecule has 19 heavy (non-hydrogen) atoms. The molecule has 0 radical (unpaired) electrons. The number of hydrogen-bond acceptors (Lipinski definition) is 2. The van der Waals surface area contributed by atoms with Crippen LogP contribution in [-0.4, -0.2) is 30.1 Å². The molecule has 0 spiro atoms. The van der Waals surface area contributed by atoms with Crippen LogP contribution in [0, 0.1) is 11.3 Å². The fourth-order valence-corrected chi connectivity index (χ4v) is 4.44. The topological polar surface area (TPSA) is 29.3 Å². The molecule has 1 saturated carbocycles. The Morgan fingerprint density at radius 1 is 1.05 bits per heavy atom. The van der Waals surface area contributed by atoms with Gasteiger partial charge in [-0.05, 0) is 62.8 Å². The second kappa shape index (κ2) is 6.13. The van der Waals surface area contributed by atoms with Crippen molar-refractivity contribution >= 4 is 0 Å². The van der Waals surface area contributed by atoms with E-state index in [-0.39, 0.29) is 0 Å². The fourth-order valence-electron chi connectivity index (χ4n) is 4.44. The highest BCUT2D eigenvalue weighted by atomic mass is 15.2. The lowest BCUT2D eigenvalue weighted by Gasteiger charge is -2.47. The quantitative estimate of drug-likeness (QED) is 0.820. The van der Waals surface area contributed by atoms with E-state index in [1.165, 1.54) is 64.5 Å². The molecule has 1 aliphatic heterocycles. The Kier molecular flexibility index (Phi) is 4.94. The van der Waals surface area contributed by atoms with Crippen LogP contribution in [0.2, 0.25) is 0 Å². The highest BCUT2D eigenvalue weighted by Gasteiger charge is 2.45. The molecule has 0 bridgehead atoms. The number of nitrogens with two attached hydrogens (primary N) is 1. The van der Waals surface area contributed by atoms with Crippen molar-refractivity contribution in [3.05, 3.63) is 0 Å². The van der Waals surface area contributed by atoms with Gasteiger partial charge in [-0.1, -0.05) is 27.2 Å². The van der Waals surface area contributed by atoms with Gasteiger partial charge in [-0.25, -0.2) is 0 Å². The smallest absolute Gasteiger partial charge is 0.0332 e. The average molecular weight is 266 g/mol. The maximum Gasteiger partial charge on any atom is 0.0332 e. The molecule has 0 aromatic carbocycles. The first-order chi connectivity index (χ1) is 9.13. The predicted octanol–water partition coefficient (Wildman–Crippen LogP) is 3.80. The first kappa shape index (κ1) is 15.3. The number of rotatable bonds is 5. The van der Waals surface area contributed by atoms with Gasteiger partial charge < -0.3 is 5.73 Å². The van der Waals surface area contributed by atoms with Crippen LogP contribution in [-0.2, 0) is 0 Å². The zero-order chi connectivity index (χ0) is 13.9. The van der Waals surface area contributed by atoms with Gasteiger partial charge in [-0.15, -0.1) is 0 Å². The van der Waals surface area contributed by atoms with Gasteiger partial charge in [-0.3, -0.25) is 4.90 Å². The van der Waals surface area contributed by atoms with Crippen molar-refractivity contribution in [3.8, 4) is 0 Å². The fraction of sp³-hybridized carbons (Fsp3) is 1.00. The summed E-state index contributed by atoms with van der Waals surface area (Å²) in [7, 11) is 0. The molecule has 112 valence electrons. The predicted molar refractivity (Wildman–Crippen MR) is 83.2 cm³/mol. The van der Waals surface area contributed by atoms with Crippen molar-refractivity contribution in [2.24, 2.45) is 17.1 Å². The maximum absolute atomic E-state index is 6.23. The van der Waals surface area contributed by atoms with Gasteiger partial charge in [0.1, 0.15) is 0 Å². The summed E-state index contributed by atoms with van der Waals surface area (Å²) in [6, 6.07) is 0. The largest absolute Gasteiger partial charge is 0.329 e. The van der Waals surface area contributed by atoms with Crippen LogP contribution in [0.25, 0.3) is 0 Å². The molecule has 1 aliphatic carbocycles. The molecule has 1 heterocycles. The van der Waals surface area contributed by atoms with Crippen LogP contribution >= 0.6 is 0 Å². The summed E-state index contributed by atoms with van der Waals surface area (Å²) in [6.07, 6.45) is 10.9. The third kappa shape index (κ3) is 2.85. The minimum Gasteiger partial charge on any atom is -0.329 e. The van der Waals surface area contributed by atoms with E-state index in [2.05, 4.69) is 25.7 Å². The van der Waals surface area contributed by atoms with E-state index in [0.717, 1.165) is 12.5 Å². The Morgan fingerprint density at radius 3 is 2.11 bits per heavy atom. The molecule has 1 saturated heterocycles. The van der Waals surface area contributed by atoms with Gasteiger partial charge in [0.15, 0.2) is 0 Å². The number of likely N-dealkylation sites (tertiary alicyclic amines) is 1. The minimum atomic E-state index is 0.345. The van der Waals surface area contributed by atoms with Crippen LogP contribution in [0.1, 0.15) is 72.1 Å². The molecule has 0 atom stereocenters. The maximum atomic E-state index is 6.23. The molecule has 2 aliphatic rings. The van der Waals surface area contributed by atoms with E-state index < -0.39 is 0 Å². The Labute approximate surface area is 120 Å². The molecular weight excluding hydrogens is 232 g/mol. The van der Waals surface area contributed by atoms with Gasteiger partial charge in [0.2, 0.25) is 0 Å². The molecular formula is C17H34N2. The van der Waals surface area contributed by atoms with Crippen LogP contribution < -0.4 is 5.73 Å².